The van der Waals surface area contributed by atoms with Gasteiger partial charge >= 0.3 is 18.2 Å². The van der Waals surface area contributed by atoms with Gasteiger partial charge in [0.1, 0.15) is 29.0 Å². The van der Waals surface area contributed by atoms with Gasteiger partial charge in [-0.2, -0.15) is 0 Å². The predicted octanol–water partition coefficient (Wildman–Crippen LogP) is 6.40. The summed E-state index contributed by atoms with van der Waals surface area (Å²) >= 11 is 0. The Kier molecular flexibility index (Phi) is 12.6. The molecule has 10 nitrogen and oxygen atoms in total. The topological polar surface area (TPSA) is 123 Å². The summed E-state index contributed by atoms with van der Waals surface area (Å²) < 4.78 is 16.5. The minimum absolute atomic E-state index is 0.183. The number of rotatable bonds is 12. The Morgan fingerprint density at radius 2 is 1.37 bits per heavy atom. The third kappa shape index (κ3) is 12.1. The maximum Gasteiger partial charge on any atom is 0.408 e. The number of nitrogens with one attached hydrogen (secondary N) is 2. The fourth-order valence-electron chi connectivity index (χ4n) is 4.75. The van der Waals surface area contributed by atoms with Crippen molar-refractivity contribution >= 4 is 34.8 Å². The molecule has 0 heterocycles. The van der Waals surface area contributed by atoms with Gasteiger partial charge in [0.25, 0.3) is 0 Å². The third-order valence-corrected chi connectivity index (χ3v) is 6.90. The lowest BCUT2D eigenvalue weighted by molar-refractivity contribution is -0.148. The second-order valence-electron chi connectivity index (χ2n) is 13.2. The first-order chi connectivity index (χ1) is 21.6. The molecule has 0 aliphatic heterocycles. The van der Waals surface area contributed by atoms with Crippen molar-refractivity contribution in [3.8, 4) is 5.75 Å². The van der Waals surface area contributed by atoms with Gasteiger partial charge in [-0.3, -0.25) is 4.79 Å². The number of carbonyl (C=O) groups excluding carboxylic acids is 4. The van der Waals surface area contributed by atoms with Crippen LogP contribution in [0.15, 0.2) is 72.8 Å². The highest BCUT2D eigenvalue weighted by Crippen LogP contribution is 2.22. The summed E-state index contributed by atoms with van der Waals surface area (Å²) in [4.78, 5) is 53.9. The quantitative estimate of drug-likeness (QED) is 0.134. The molecule has 0 aliphatic rings. The van der Waals surface area contributed by atoms with Crippen LogP contribution in [0.3, 0.4) is 0 Å². The highest BCUT2D eigenvalue weighted by molar-refractivity contribution is 5.91. The molecular formula is C36H47N3O7. The van der Waals surface area contributed by atoms with Crippen molar-refractivity contribution in [3.63, 3.8) is 0 Å². The van der Waals surface area contributed by atoms with Crippen LogP contribution in [0.25, 0.3) is 10.8 Å². The van der Waals surface area contributed by atoms with Crippen LogP contribution in [0.4, 0.5) is 9.59 Å². The average molecular weight is 634 g/mol. The maximum atomic E-state index is 14.0. The number of hydrogen-bond donors (Lipinski definition) is 2. The minimum Gasteiger partial charge on any atom is -0.444 e. The molecule has 3 aromatic carbocycles. The predicted molar refractivity (Wildman–Crippen MR) is 178 cm³/mol. The van der Waals surface area contributed by atoms with Crippen LogP contribution in [0.5, 0.6) is 5.75 Å². The number of aryl methyl sites for hydroxylation is 1. The minimum atomic E-state index is -1.01. The molecule has 2 N–H and O–H groups in total. The largest absolute Gasteiger partial charge is 0.444 e. The van der Waals surface area contributed by atoms with Crippen molar-refractivity contribution in [2.75, 3.05) is 13.6 Å². The zero-order chi connectivity index (χ0) is 33.9. The molecule has 2 atom stereocenters. The molecule has 0 fully saturated rings. The first-order valence-electron chi connectivity index (χ1n) is 15.6. The number of ether oxygens (including phenoxy) is 3. The average Bonchev–Trinajstić information content (AvgIpc) is 2.97. The summed E-state index contributed by atoms with van der Waals surface area (Å²) in [5, 5.41) is 7.30. The molecule has 3 rings (SSSR count). The zero-order valence-corrected chi connectivity index (χ0v) is 27.9. The number of benzene rings is 3. The van der Waals surface area contributed by atoms with Crippen molar-refractivity contribution in [1.82, 2.24) is 15.5 Å². The summed E-state index contributed by atoms with van der Waals surface area (Å²) in [7, 11) is 1.52. The number of nitrogens with zero attached hydrogens (tertiary/aromatic N) is 1. The number of amides is 3. The van der Waals surface area contributed by atoms with Crippen LogP contribution >= 0.6 is 0 Å². The van der Waals surface area contributed by atoms with Gasteiger partial charge in [-0.25, -0.2) is 14.4 Å². The van der Waals surface area contributed by atoms with Crippen molar-refractivity contribution in [1.29, 1.82) is 0 Å². The second kappa shape index (κ2) is 16.1. The van der Waals surface area contributed by atoms with Crippen LogP contribution in [0.1, 0.15) is 66.4 Å². The fraction of sp³-hybridized carbons (Fsp3) is 0.444. The number of esters is 1. The van der Waals surface area contributed by atoms with E-state index in [1.807, 2.05) is 60.7 Å². The lowest BCUT2D eigenvalue weighted by Crippen LogP contribution is -2.53. The lowest BCUT2D eigenvalue weighted by atomic mass is 10.0. The van der Waals surface area contributed by atoms with Gasteiger partial charge in [0.15, 0.2) is 0 Å². The smallest absolute Gasteiger partial charge is 0.408 e. The molecule has 10 heteroatoms. The van der Waals surface area contributed by atoms with E-state index in [2.05, 4.69) is 10.6 Å². The van der Waals surface area contributed by atoms with Crippen LogP contribution in [0.2, 0.25) is 0 Å². The van der Waals surface area contributed by atoms with Crippen LogP contribution in [-0.4, -0.2) is 65.8 Å². The molecule has 0 aliphatic carbocycles. The molecule has 46 heavy (non-hydrogen) atoms. The van der Waals surface area contributed by atoms with Gasteiger partial charge in [0.05, 0.1) is 0 Å². The fourth-order valence-corrected chi connectivity index (χ4v) is 4.75. The Morgan fingerprint density at radius 3 is 2.02 bits per heavy atom. The van der Waals surface area contributed by atoms with E-state index in [4.69, 9.17) is 14.2 Å². The highest BCUT2D eigenvalue weighted by Gasteiger charge is 2.34. The van der Waals surface area contributed by atoms with Gasteiger partial charge in [-0.1, -0.05) is 60.7 Å². The maximum absolute atomic E-state index is 14.0. The number of likely N-dealkylation sites (N-methyl/N-ethyl adjacent to an activating group) is 1. The van der Waals surface area contributed by atoms with Gasteiger partial charge in [0.2, 0.25) is 5.91 Å². The second-order valence-corrected chi connectivity index (χ2v) is 13.2. The normalized spacial score (nSPS) is 12.8. The van der Waals surface area contributed by atoms with Crippen LogP contribution in [0, 0.1) is 0 Å². The number of fused-ring (bicyclic) bond motifs is 1. The summed E-state index contributed by atoms with van der Waals surface area (Å²) in [5.41, 5.74) is -0.427. The van der Waals surface area contributed by atoms with E-state index < -0.39 is 47.3 Å². The summed E-state index contributed by atoms with van der Waals surface area (Å²) in [6.45, 7) is 10.7. The van der Waals surface area contributed by atoms with Crippen molar-refractivity contribution in [3.05, 3.63) is 78.4 Å². The highest BCUT2D eigenvalue weighted by atomic mass is 16.6. The van der Waals surface area contributed by atoms with E-state index in [9.17, 15) is 19.2 Å². The van der Waals surface area contributed by atoms with Crippen molar-refractivity contribution in [2.24, 2.45) is 0 Å². The summed E-state index contributed by atoms with van der Waals surface area (Å²) in [5.74, 6) is -0.765. The number of carbonyl (C=O) groups is 4. The molecule has 248 valence electrons. The Balaban J connectivity index is 1.81. The van der Waals surface area contributed by atoms with Crippen molar-refractivity contribution in [2.45, 2.75) is 90.5 Å². The van der Waals surface area contributed by atoms with E-state index in [-0.39, 0.29) is 19.4 Å². The Labute approximate surface area is 271 Å². The molecule has 0 saturated heterocycles. The number of hydrogen-bond acceptors (Lipinski definition) is 7. The zero-order valence-electron chi connectivity index (χ0n) is 27.9. The van der Waals surface area contributed by atoms with E-state index in [1.165, 1.54) is 11.9 Å². The summed E-state index contributed by atoms with van der Waals surface area (Å²) in [6, 6.07) is 20.6. The number of alkyl carbamates (subject to hydrolysis) is 2. The van der Waals surface area contributed by atoms with Crippen LogP contribution in [-0.2, 0) is 25.5 Å². The molecule has 0 spiro atoms. The molecule has 3 amide bonds. The Bertz CT molecular complexity index is 1480. The van der Waals surface area contributed by atoms with E-state index in [0.717, 1.165) is 16.3 Å². The monoisotopic (exact) mass is 633 g/mol. The van der Waals surface area contributed by atoms with Gasteiger partial charge in [0, 0.05) is 13.6 Å². The Morgan fingerprint density at radius 1 is 0.761 bits per heavy atom. The molecule has 0 radical (unpaired) electrons. The first-order valence-corrected chi connectivity index (χ1v) is 15.6. The molecule has 0 bridgehead atoms. The third-order valence-electron chi connectivity index (χ3n) is 6.90. The first kappa shape index (κ1) is 35.9. The molecular weight excluding hydrogens is 586 g/mol. The molecule has 0 aromatic heterocycles. The van der Waals surface area contributed by atoms with E-state index >= 15 is 0 Å². The van der Waals surface area contributed by atoms with Crippen LogP contribution < -0.4 is 15.4 Å². The van der Waals surface area contributed by atoms with Gasteiger partial charge < -0.3 is 29.7 Å². The summed E-state index contributed by atoms with van der Waals surface area (Å²) in [6.07, 6.45) is 0.00970. The van der Waals surface area contributed by atoms with E-state index in [1.54, 1.807) is 53.7 Å². The Hall–Kier alpha value is -4.60. The molecule has 3 aromatic rings. The van der Waals surface area contributed by atoms with E-state index in [0.29, 0.717) is 18.6 Å². The van der Waals surface area contributed by atoms with Crippen molar-refractivity contribution < 1.29 is 33.4 Å². The SMILES string of the molecule is CN(C(=O)[C@H](CCc1ccccc1)NC(=O)OC(C)(C)C)[C@@H](CCCNC(=O)OC(C)(C)C)C(=O)Oc1ccc2ccccc2c1. The standard InChI is InChI=1S/C36H47N3O7/c1-35(2,3)45-33(42)37-23-13-18-30(32(41)44-28-21-20-26-16-11-12-17-27(26)24-28)39(7)31(40)29(38-34(43)46-36(4,5)6)22-19-25-14-9-8-10-15-25/h8-12,14-17,20-21,24,29-30H,13,18-19,22-23H2,1-7H3,(H,37,42)(H,38,43)/t29-,30-/m0/s1. The molecule has 0 unspecified atom stereocenters. The molecule has 0 saturated carbocycles. The lowest BCUT2D eigenvalue weighted by Gasteiger charge is -2.31. The van der Waals surface area contributed by atoms with Gasteiger partial charge in [-0.15, -0.1) is 0 Å². The van der Waals surface area contributed by atoms with Gasteiger partial charge in [-0.05, 0) is 95.7 Å².